The molecule has 1 N–H and O–H groups in total. The van der Waals surface area contributed by atoms with E-state index in [1.165, 1.54) is 5.56 Å². The first kappa shape index (κ1) is 12.7. The Morgan fingerprint density at radius 3 is 2.75 bits per heavy atom. The zero-order valence-corrected chi connectivity index (χ0v) is 10.1. The Labute approximate surface area is 96.8 Å². The zero-order chi connectivity index (χ0) is 12.0. The van der Waals surface area contributed by atoms with Gasteiger partial charge in [-0.15, -0.1) is 0 Å². The molecule has 0 saturated carbocycles. The summed E-state index contributed by atoms with van der Waals surface area (Å²) in [7, 11) is 0. The van der Waals surface area contributed by atoms with Gasteiger partial charge in [0, 0.05) is 6.61 Å². The van der Waals surface area contributed by atoms with Gasteiger partial charge in [-0.05, 0) is 31.9 Å². The fraction of sp³-hybridized carbons (Fsp3) is 0.462. The molecule has 1 amide bonds. The van der Waals surface area contributed by atoms with Gasteiger partial charge in [0.05, 0.1) is 6.04 Å². The second-order valence-corrected chi connectivity index (χ2v) is 3.78. The molecule has 0 saturated heterocycles. The summed E-state index contributed by atoms with van der Waals surface area (Å²) in [6.45, 7) is 6.59. The van der Waals surface area contributed by atoms with Crippen LogP contribution in [0, 0.1) is 6.92 Å². The summed E-state index contributed by atoms with van der Waals surface area (Å²) < 4.78 is 5.05. The first-order chi connectivity index (χ1) is 7.65. The van der Waals surface area contributed by atoms with Crippen LogP contribution in [-0.2, 0) is 9.53 Å². The molecule has 0 aliphatic rings. The van der Waals surface area contributed by atoms with Crippen LogP contribution in [0.2, 0.25) is 0 Å². The third-order valence-corrected chi connectivity index (χ3v) is 2.47. The molecule has 0 fully saturated rings. The molecule has 1 atom stereocenters. The lowest BCUT2D eigenvalue weighted by Gasteiger charge is -2.16. The quantitative estimate of drug-likeness (QED) is 0.827. The van der Waals surface area contributed by atoms with Crippen LogP contribution in [-0.4, -0.2) is 19.1 Å². The molecule has 1 aromatic rings. The highest BCUT2D eigenvalue weighted by atomic mass is 16.5. The highest BCUT2D eigenvalue weighted by Gasteiger charge is 2.10. The largest absolute Gasteiger partial charge is 0.372 e. The Hall–Kier alpha value is -1.35. The minimum Gasteiger partial charge on any atom is -0.372 e. The first-order valence-electron chi connectivity index (χ1n) is 5.57. The lowest BCUT2D eigenvalue weighted by Crippen LogP contribution is -2.30. The van der Waals surface area contributed by atoms with E-state index in [2.05, 4.69) is 5.32 Å². The smallest absolute Gasteiger partial charge is 0.246 e. The Balaban J connectivity index is 2.55. The molecule has 0 aliphatic carbocycles. The van der Waals surface area contributed by atoms with Crippen molar-refractivity contribution in [3.8, 4) is 0 Å². The van der Waals surface area contributed by atoms with Crippen molar-refractivity contribution in [1.82, 2.24) is 5.32 Å². The molecule has 1 unspecified atom stereocenters. The number of rotatable bonds is 5. The number of nitrogens with one attached hydrogen (secondary N) is 1. The summed E-state index contributed by atoms with van der Waals surface area (Å²) in [5, 5.41) is 2.91. The number of amides is 1. The van der Waals surface area contributed by atoms with Crippen molar-refractivity contribution in [2.75, 3.05) is 13.2 Å². The predicted molar refractivity (Wildman–Crippen MR) is 64.2 cm³/mol. The van der Waals surface area contributed by atoms with E-state index in [0.29, 0.717) is 6.61 Å². The van der Waals surface area contributed by atoms with Gasteiger partial charge in [-0.25, -0.2) is 0 Å². The van der Waals surface area contributed by atoms with Crippen LogP contribution in [0.25, 0.3) is 0 Å². The fourth-order valence-electron chi connectivity index (χ4n) is 1.63. The summed E-state index contributed by atoms with van der Waals surface area (Å²) in [5.41, 5.74) is 2.33. The molecule has 0 radical (unpaired) electrons. The average molecular weight is 221 g/mol. The van der Waals surface area contributed by atoms with Crippen LogP contribution in [0.4, 0.5) is 0 Å². The van der Waals surface area contributed by atoms with Crippen molar-refractivity contribution in [3.63, 3.8) is 0 Å². The van der Waals surface area contributed by atoms with Crippen LogP contribution in [0.5, 0.6) is 0 Å². The second-order valence-electron chi connectivity index (χ2n) is 3.78. The highest BCUT2D eigenvalue weighted by Crippen LogP contribution is 2.16. The minimum absolute atomic E-state index is 0.0224. The topological polar surface area (TPSA) is 38.3 Å². The van der Waals surface area contributed by atoms with Gasteiger partial charge in [0.1, 0.15) is 6.61 Å². The van der Waals surface area contributed by atoms with Gasteiger partial charge in [-0.1, -0.05) is 24.3 Å². The van der Waals surface area contributed by atoms with Crippen LogP contribution >= 0.6 is 0 Å². The Kier molecular flexibility index (Phi) is 4.99. The highest BCUT2D eigenvalue weighted by molar-refractivity contribution is 5.77. The van der Waals surface area contributed by atoms with Crippen molar-refractivity contribution in [2.45, 2.75) is 26.8 Å². The van der Waals surface area contributed by atoms with E-state index in [4.69, 9.17) is 4.74 Å². The van der Waals surface area contributed by atoms with Crippen molar-refractivity contribution in [3.05, 3.63) is 35.4 Å². The first-order valence-corrected chi connectivity index (χ1v) is 5.57. The number of carbonyl (C=O) groups is 1. The van der Waals surface area contributed by atoms with Gasteiger partial charge in [-0.3, -0.25) is 4.79 Å². The minimum atomic E-state index is -0.0717. The van der Waals surface area contributed by atoms with Crippen LogP contribution in [0.3, 0.4) is 0 Å². The predicted octanol–water partition coefficient (Wildman–Crippen LogP) is 2.21. The Morgan fingerprint density at radius 1 is 1.44 bits per heavy atom. The van der Waals surface area contributed by atoms with E-state index in [0.717, 1.165) is 5.56 Å². The normalized spacial score (nSPS) is 12.2. The van der Waals surface area contributed by atoms with Crippen molar-refractivity contribution in [2.24, 2.45) is 0 Å². The third-order valence-electron chi connectivity index (χ3n) is 2.47. The molecule has 3 nitrogen and oxygen atoms in total. The maximum absolute atomic E-state index is 11.5. The lowest BCUT2D eigenvalue weighted by molar-refractivity contribution is -0.126. The van der Waals surface area contributed by atoms with E-state index in [1.807, 2.05) is 45.0 Å². The summed E-state index contributed by atoms with van der Waals surface area (Å²) in [4.78, 5) is 11.5. The molecule has 16 heavy (non-hydrogen) atoms. The van der Waals surface area contributed by atoms with Crippen molar-refractivity contribution >= 4 is 5.91 Å². The van der Waals surface area contributed by atoms with E-state index in [-0.39, 0.29) is 18.6 Å². The Bertz CT molecular complexity index is 350. The van der Waals surface area contributed by atoms with E-state index >= 15 is 0 Å². The molecule has 88 valence electrons. The van der Waals surface area contributed by atoms with Crippen LogP contribution < -0.4 is 5.32 Å². The van der Waals surface area contributed by atoms with E-state index in [9.17, 15) is 4.79 Å². The van der Waals surface area contributed by atoms with Gasteiger partial charge >= 0.3 is 0 Å². The van der Waals surface area contributed by atoms with Gasteiger partial charge in [0.15, 0.2) is 0 Å². The summed E-state index contributed by atoms with van der Waals surface area (Å²) >= 11 is 0. The molecule has 1 rings (SSSR count). The Morgan fingerprint density at radius 2 is 2.12 bits per heavy atom. The molecule has 0 spiro atoms. The average Bonchev–Trinajstić information content (AvgIpc) is 2.26. The molecule has 0 aromatic heterocycles. The summed E-state index contributed by atoms with van der Waals surface area (Å²) in [5.74, 6) is -0.0717. The van der Waals surface area contributed by atoms with Gasteiger partial charge < -0.3 is 10.1 Å². The fourth-order valence-corrected chi connectivity index (χ4v) is 1.63. The summed E-state index contributed by atoms with van der Waals surface area (Å²) in [6, 6.07) is 8.07. The lowest BCUT2D eigenvalue weighted by atomic mass is 10.0. The van der Waals surface area contributed by atoms with Gasteiger partial charge in [-0.2, -0.15) is 0 Å². The van der Waals surface area contributed by atoms with Gasteiger partial charge in [0.2, 0.25) is 5.91 Å². The maximum Gasteiger partial charge on any atom is 0.246 e. The van der Waals surface area contributed by atoms with Gasteiger partial charge in [0.25, 0.3) is 0 Å². The zero-order valence-electron chi connectivity index (χ0n) is 10.1. The SMILES string of the molecule is CCOCC(=O)NC(C)c1ccccc1C. The molecule has 1 aromatic carbocycles. The molecule has 0 bridgehead atoms. The third kappa shape index (κ3) is 3.66. The number of benzene rings is 1. The maximum atomic E-state index is 11.5. The molecular weight excluding hydrogens is 202 g/mol. The van der Waals surface area contributed by atoms with Crippen LogP contribution in [0.1, 0.15) is 31.0 Å². The molecule has 0 aliphatic heterocycles. The van der Waals surface area contributed by atoms with E-state index in [1.54, 1.807) is 0 Å². The number of hydrogen-bond acceptors (Lipinski definition) is 2. The standard InChI is InChI=1S/C13H19NO2/c1-4-16-9-13(15)14-11(3)12-8-6-5-7-10(12)2/h5-8,11H,4,9H2,1-3H3,(H,14,15). The van der Waals surface area contributed by atoms with Crippen molar-refractivity contribution in [1.29, 1.82) is 0 Å². The number of carbonyl (C=O) groups excluding carboxylic acids is 1. The molecule has 0 heterocycles. The monoisotopic (exact) mass is 221 g/mol. The molecular formula is C13H19NO2. The number of hydrogen-bond donors (Lipinski definition) is 1. The van der Waals surface area contributed by atoms with Crippen molar-refractivity contribution < 1.29 is 9.53 Å². The molecule has 3 heteroatoms. The van der Waals surface area contributed by atoms with E-state index < -0.39 is 0 Å². The van der Waals surface area contributed by atoms with Crippen LogP contribution in [0.15, 0.2) is 24.3 Å². The number of aryl methyl sites for hydroxylation is 1. The summed E-state index contributed by atoms with van der Waals surface area (Å²) in [6.07, 6.45) is 0. The second kappa shape index (κ2) is 6.28. The number of ether oxygens (including phenoxy) is 1.